The quantitative estimate of drug-likeness (QED) is 0.604. The van der Waals surface area contributed by atoms with Gasteiger partial charge in [0.1, 0.15) is 5.01 Å². The highest BCUT2D eigenvalue weighted by Crippen LogP contribution is 2.32. The van der Waals surface area contributed by atoms with E-state index in [1.165, 1.54) is 15.8 Å². The van der Waals surface area contributed by atoms with E-state index in [1.807, 2.05) is 30.3 Å². The molecule has 0 fully saturated rings. The Morgan fingerprint density at radius 3 is 2.76 bits per heavy atom. The summed E-state index contributed by atoms with van der Waals surface area (Å²) in [7, 11) is 0. The van der Waals surface area contributed by atoms with Gasteiger partial charge in [-0.15, -0.1) is 11.3 Å². The minimum Gasteiger partial charge on any atom is -0.236 e. The number of fused-ring (bicyclic) bond motifs is 1. The van der Waals surface area contributed by atoms with Crippen molar-refractivity contribution in [2.75, 3.05) is 0 Å². The highest BCUT2D eigenvalue weighted by Gasteiger charge is 2.08. The number of nitrogens with zero attached hydrogens (tertiary/aromatic N) is 1. The van der Waals surface area contributed by atoms with E-state index in [4.69, 9.17) is 11.6 Å². The number of thiazole rings is 1. The minimum absolute atomic E-state index is 0.735. The first-order chi connectivity index (χ1) is 8.24. The van der Waals surface area contributed by atoms with Crippen molar-refractivity contribution in [3.63, 3.8) is 0 Å². The molecule has 0 N–H and O–H groups in total. The number of benzene rings is 2. The number of aromatic nitrogens is 1. The molecule has 0 amide bonds. The van der Waals surface area contributed by atoms with Crippen LogP contribution in [0.3, 0.4) is 0 Å². The second kappa shape index (κ2) is 4.13. The van der Waals surface area contributed by atoms with Crippen LogP contribution in [0.15, 0.2) is 42.5 Å². The zero-order valence-electron chi connectivity index (χ0n) is 9.27. The Labute approximate surface area is 109 Å². The van der Waals surface area contributed by atoms with Gasteiger partial charge in [-0.25, -0.2) is 4.98 Å². The molecule has 0 aliphatic heterocycles. The summed E-state index contributed by atoms with van der Waals surface area (Å²) in [6, 6.07) is 14.1. The minimum atomic E-state index is 0.735. The molecular formula is C14H10ClNS. The Morgan fingerprint density at radius 1 is 1.12 bits per heavy atom. The van der Waals surface area contributed by atoms with E-state index in [1.54, 1.807) is 11.3 Å². The fraction of sp³-hybridized carbons (Fsp3) is 0.0714. The third-order valence-electron chi connectivity index (χ3n) is 2.73. The lowest BCUT2D eigenvalue weighted by Crippen LogP contribution is -1.80. The maximum Gasteiger partial charge on any atom is 0.124 e. The van der Waals surface area contributed by atoms with E-state index in [0.717, 1.165) is 15.5 Å². The van der Waals surface area contributed by atoms with Crippen molar-refractivity contribution in [3.05, 3.63) is 53.1 Å². The second-order valence-electron chi connectivity index (χ2n) is 3.95. The molecule has 1 aromatic heterocycles. The van der Waals surface area contributed by atoms with Crippen LogP contribution in [0.5, 0.6) is 0 Å². The van der Waals surface area contributed by atoms with Gasteiger partial charge in [0.15, 0.2) is 0 Å². The molecule has 1 nitrogen and oxygen atoms in total. The van der Waals surface area contributed by atoms with E-state index in [9.17, 15) is 0 Å². The molecule has 0 aliphatic carbocycles. The van der Waals surface area contributed by atoms with Gasteiger partial charge in [-0.3, -0.25) is 0 Å². The fourth-order valence-electron chi connectivity index (χ4n) is 1.83. The van der Waals surface area contributed by atoms with Gasteiger partial charge in [-0.05, 0) is 30.7 Å². The summed E-state index contributed by atoms with van der Waals surface area (Å²) in [5.41, 5.74) is 3.42. The van der Waals surface area contributed by atoms with Crippen molar-refractivity contribution in [3.8, 4) is 10.6 Å². The van der Waals surface area contributed by atoms with E-state index in [-0.39, 0.29) is 0 Å². The maximum atomic E-state index is 5.97. The first-order valence-corrected chi connectivity index (χ1v) is 6.55. The van der Waals surface area contributed by atoms with Crippen molar-refractivity contribution < 1.29 is 0 Å². The van der Waals surface area contributed by atoms with E-state index < -0.39 is 0 Å². The Hall–Kier alpha value is -1.38. The third-order valence-corrected chi connectivity index (χ3v) is 4.03. The summed E-state index contributed by atoms with van der Waals surface area (Å²) in [5.74, 6) is 0. The van der Waals surface area contributed by atoms with Gasteiger partial charge in [-0.2, -0.15) is 0 Å². The Balaban J connectivity index is 2.22. The predicted octanol–water partition coefficient (Wildman–Crippen LogP) is 4.93. The second-order valence-corrected chi connectivity index (χ2v) is 5.41. The van der Waals surface area contributed by atoms with Crippen molar-refractivity contribution in [2.24, 2.45) is 0 Å². The summed E-state index contributed by atoms with van der Waals surface area (Å²) in [6.45, 7) is 2.11. The first kappa shape index (κ1) is 10.8. The average molecular weight is 260 g/mol. The Bertz CT molecular complexity index is 688. The zero-order chi connectivity index (χ0) is 11.8. The lowest BCUT2D eigenvalue weighted by Gasteiger charge is -1.99. The molecule has 2 aromatic carbocycles. The molecule has 0 unspecified atom stereocenters. The molecule has 0 radical (unpaired) electrons. The standard InChI is InChI=1S/C14H10ClNS/c1-9-4-2-3-5-11(9)14-16-12-8-10(15)6-7-13(12)17-14/h2-8H,1H3. The molecule has 0 saturated heterocycles. The molecule has 3 aromatic rings. The monoisotopic (exact) mass is 259 g/mol. The number of halogens is 1. The highest BCUT2D eigenvalue weighted by molar-refractivity contribution is 7.21. The van der Waals surface area contributed by atoms with Crippen LogP contribution in [-0.2, 0) is 0 Å². The van der Waals surface area contributed by atoms with Crippen LogP contribution in [0.4, 0.5) is 0 Å². The SMILES string of the molecule is Cc1ccccc1-c1nc2cc(Cl)ccc2s1. The van der Waals surface area contributed by atoms with Crippen LogP contribution in [0, 0.1) is 6.92 Å². The average Bonchev–Trinajstić information content (AvgIpc) is 2.72. The van der Waals surface area contributed by atoms with Crippen LogP contribution in [0.25, 0.3) is 20.8 Å². The molecule has 0 aliphatic rings. The lowest BCUT2D eigenvalue weighted by molar-refractivity contribution is 1.41. The summed E-state index contributed by atoms with van der Waals surface area (Å²) in [6.07, 6.45) is 0. The number of hydrogen-bond donors (Lipinski definition) is 0. The summed E-state index contributed by atoms with van der Waals surface area (Å²) in [5, 5.41) is 1.79. The molecule has 0 saturated carbocycles. The zero-order valence-corrected chi connectivity index (χ0v) is 10.8. The van der Waals surface area contributed by atoms with E-state index in [0.29, 0.717) is 0 Å². The molecule has 3 heteroatoms. The van der Waals surface area contributed by atoms with Crippen molar-refractivity contribution in [2.45, 2.75) is 6.92 Å². The molecule has 17 heavy (non-hydrogen) atoms. The van der Waals surface area contributed by atoms with Crippen LogP contribution in [0.2, 0.25) is 5.02 Å². The van der Waals surface area contributed by atoms with E-state index >= 15 is 0 Å². The van der Waals surface area contributed by atoms with Gasteiger partial charge in [0.05, 0.1) is 10.2 Å². The molecule has 0 spiro atoms. The van der Waals surface area contributed by atoms with E-state index in [2.05, 4.69) is 24.0 Å². The normalized spacial score (nSPS) is 10.9. The molecule has 1 heterocycles. The van der Waals surface area contributed by atoms with Gasteiger partial charge in [0.2, 0.25) is 0 Å². The van der Waals surface area contributed by atoms with Gasteiger partial charge in [-0.1, -0.05) is 35.9 Å². The van der Waals surface area contributed by atoms with Gasteiger partial charge >= 0.3 is 0 Å². The lowest BCUT2D eigenvalue weighted by atomic mass is 10.1. The van der Waals surface area contributed by atoms with Gasteiger partial charge in [0.25, 0.3) is 0 Å². The molecule has 0 atom stereocenters. The number of rotatable bonds is 1. The fourth-order valence-corrected chi connectivity index (χ4v) is 3.03. The van der Waals surface area contributed by atoms with Gasteiger partial charge in [0, 0.05) is 10.6 Å². The molecule has 3 rings (SSSR count). The van der Waals surface area contributed by atoms with Crippen LogP contribution >= 0.6 is 22.9 Å². The first-order valence-electron chi connectivity index (χ1n) is 5.36. The number of hydrogen-bond acceptors (Lipinski definition) is 2. The number of aryl methyl sites for hydroxylation is 1. The summed E-state index contributed by atoms with van der Waals surface area (Å²) >= 11 is 7.67. The summed E-state index contributed by atoms with van der Waals surface area (Å²) in [4.78, 5) is 4.64. The molecular weight excluding hydrogens is 250 g/mol. The van der Waals surface area contributed by atoms with Gasteiger partial charge < -0.3 is 0 Å². The van der Waals surface area contributed by atoms with Crippen molar-refractivity contribution in [1.29, 1.82) is 0 Å². The summed E-state index contributed by atoms with van der Waals surface area (Å²) < 4.78 is 1.17. The van der Waals surface area contributed by atoms with Crippen molar-refractivity contribution in [1.82, 2.24) is 4.98 Å². The Kier molecular flexibility index (Phi) is 2.61. The Morgan fingerprint density at radius 2 is 1.94 bits per heavy atom. The third kappa shape index (κ3) is 1.94. The van der Waals surface area contributed by atoms with Crippen LogP contribution in [-0.4, -0.2) is 4.98 Å². The molecule has 0 bridgehead atoms. The topological polar surface area (TPSA) is 12.9 Å². The largest absolute Gasteiger partial charge is 0.236 e. The van der Waals surface area contributed by atoms with Crippen LogP contribution < -0.4 is 0 Å². The predicted molar refractivity (Wildman–Crippen MR) is 74.8 cm³/mol. The highest BCUT2D eigenvalue weighted by atomic mass is 35.5. The maximum absolute atomic E-state index is 5.97. The van der Waals surface area contributed by atoms with Crippen molar-refractivity contribution >= 4 is 33.2 Å². The van der Waals surface area contributed by atoms with Crippen LogP contribution in [0.1, 0.15) is 5.56 Å². The smallest absolute Gasteiger partial charge is 0.124 e. The molecule has 84 valence electrons.